The lowest BCUT2D eigenvalue weighted by Crippen LogP contribution is -2.22. The van der Waals surface area contributed by atoms with E-state index in [1.54, 1.807) is 0 Å². The molecule has 0 atom stereocenters. The number of H-pyrrole nitrogens is 1. The molecule has 1 heterocycles. The maximum atomic E-state index is 12.0. The van der Waals surface area contributed by atoms with Crippen molar-refractivity contribution in [2.75, 3.05) is 0 Å². The van der Waals surface area contributed by atoms with E-state index in [4.69, 9.17) is 5.11 Å². The van der Waals surface area contributed by atoms with Crippen LogP contribution in [0.15, 0.2) is 10.9 Å². The standard InChI is InChI=1S/C9H8F3NO4/c1-4-6(14)2-5(3-7(15)16)13-8(4)17-9(10,11)12/h2H,3H2,1H3,(H,13,14)(H,15,16). The van der Waals surface area contributed by atoms with Crippen molar-refractivity contribution in [3.63, 3.8) is 0 Å². The van der Waals surface area contributed by atoms with E-state index in [0.29, 0.717) is 0 Å². The van der Waals surface area contributed by atoms with Gasteiger partial charge in [0.25, 0.3) is 0 Å². The van der Waals surface area contributed by atoms with E-state index in [1.807, 2.05) is 0 Å². The summed E-state index contributed by atoms with van der Waals surface area (Å²) in [5, 5.41) is 8.47. The van der Waals surface area contributed by atoms with Gasteiger partial charge in [0.2, 0.25) is 5.88 Å². The third kappa shape index (κ3) is 3.82. The lowest BCUT2D eigenvalue weighted by molar-refractivity contribution is -0.276. The maximum absolute atomic E-state index is 12.0. The second-order valence-electron chi connectivity index (χ2n) is 3.23. The van der Waals surface area contributed by atoms with E-state index in [-0.39, 0.29) is 11.3 Å². The summed E-state index contributed by atoms with van der Waals surface area (Å²) in [5.41, 5.74) is -1.15. The van der Waals surface area contributed by atoms with E-state index in [0.717, 1.165) is 13.0 Å². The number of aromatic nitrogens is 1. The SMILES string of the molecule is Cc1c(OC(F)(F)F)[nH]c(CC(=O)O)cc1=O. The molecule has 5 nitrogen and oxygen atoms in total. The van der Waals surface area contributed by atoms with Gasteiger partial charge in [-0.2, -0.15) is 0 Å². The highest BCUT2D eigenvalue weighted by atomic mass is 19.4. The highest BCUT2D eigenvalue weighted by molar-refractivity contribution is 5.69. The molecule has 0 aromatic carbocycles. The minimum Gasteiger partial charge on any atom is -0.481 e. The van der Waals surface area contributed by atoms with Crippen molar-refractivity contribution in [2.45, 2.75) is 19.7 Å². The van der Waals surface area contributed by atoms with E-state index in [2.05, 4.69) is 9.72 Å². The molecular formula is C9H8F3NO4. The first-order chi connectivity index (χ1) is 7.69. The number of carboxylic acids is 1. The fourth-order valence-electron chi connectivity index (χ4n) is 1.13. The summed E-state index contributed by atoms with van der Waals surface area (Å²) in [6.07, 6.45) is -5.54. The normalized spacial score (nSPS) is 11.3. The molecule has 0 saturated heterocycles. The molecule has 8 heteroatoms. The van der Waals surface area contributed by atoms with Crippen molar-refractivity contribution in [3.05, 3.63) is 27.5 Å². The van der Waals surface area contributed by atoms with Crippen molar-refractivity contribution in [3.8, 4) is 5.88 Å². The smallest absolute Gasteiger partial charge is 0.481 e. The Kier molecular flexibility index (Phi) is 3.45. The van der Waals surface area contributed by atoms with Gasteiger partial charge in [-0.05, 0) is 6.92 Å². The number of ether oxygens (including phenoxy) is 1. The van der Waals surface area contributed by atoms with Crippen LogP contribution in [0.25, 0.3) is 0 Å². The number of nitrogens with one attached hydrogen (secondary N) is 1. The zero-order valence-electron chi connectivity index (χ0n) is 8.59. The van der Waals surface area contributed by atoms with Crippen LogP contribution in [0.1, 0.15) is 11.3 Å². The van der Waals surface area contributed by atoms with Crippen LogP contribution in [0.2, 0.25) is 0 Å². The second kappa shape index (κ2) is 4.48. The highest BCUT2D eigenvalue weighted by Crippen LogP contribution is 2.22. The van der Waals surface area contributed by atoms with E-state index >= 15 is 0 Å². The first kappa shape index (κ1) is 13.1. The molecule has 1 aromatic heterocycles. The van der Waals surface area contributed by atoms with Crippen molar-refractivity contribution in [1.82, 2.24) is 4.98 Å². The molecule has 2 N–H and O–H groups in total. The summed E-state index contributed by atoms with van der Waals surface area (Å²) in [4.78, 5) is 23.8. The zero-order valence-corrected chi connectivity index (χ0v) is 8.59. The molecular weight excluding hydrogens is 243 g/mol. The minimum atomic E-state index is -4.95. The third-order valence-corrected chi connectivity index (χ3v) is 1.85. The monoisotopic (exact) mass is 251 g/mol. The van der Waals surface area contributed by atoms with E-state index in [1.165, 1.54) is 0 Å². The van der Waals surface area contributed by atoms with Gasteiger partial charge in [-0.1, -0.05) is 0 Å². The molecule has 1 aromatic rings. The zero-order chi connectivity index (χ0) is 13.2. The van der Waals surface area contributed by atoms with Crippen LogP contribution in [0.4, 0.5) is 13.2 Å². The van der Waals surface area contributed by atoms with Gasteiger partial charge in [-0.15, -0.1) is 13.2 Å². The Hall–Kier alpha value is -1.99. The second-order valence-corrected chi connectivity index (χ2v) is 3.23. The molecule has 0 unspecified atom stereocenters. The van der Waals surface area contributed by atoms with Crippen LogP contribution >= 0.6 is 0 Å². The minimum absolute atomic E-state index is 0.160. The number of rotatable bonds is 3. The van der Waals surface area contributed by atoms with Gasteiger partial charge in [-0.25, -0.2) is 0 Å². The Bertz CT molecular complexity index is 492. The van der Waals surface area contributed by atoms with Gasteiger partial charge in [0, 0.05) is 11.8 Å². The molecule has 0 bridgehead atoms. The quantitative estimate of drug-likeness (QED) is 0.846. The first-order valence-corrected chi connectivity index (χ1v) is 4.39. The Balaban J connectivity index is 3.16. The van der Waals surface area contributed by atoms with Gasteiger partial charge >= 0.3 is 12.3 Å². The number of carbonyl (C=O) groups is 1. The lowest BCUT2D eigenvalue weighted by atomic mass is 10.2. The number of carboxylic acid groups (broad SMARTS) is 1. The largest absolute Gasteiger partial charge is 0.574 e. The van der Waals surface area contributed by atoms with Crippen LogP contribution < -0.4 is 10.2 Å². The average molecular weight is 251 g/mol. The Labute approximate surface area is 92.8 Å². The summed E-state index contributed by atoms with van der Waals surface area (Å²) in [6, 6.07) is 0.923. The summed E-state index contributed by atoms with van der Waals surface area (Å²) in [7, 11) is 0. The number of alkyl halides is 3. The molecule has 94 valence electrons. The summed E-state index contributed by atoms with van der Waals surface area (Å²) < 4.78 is 39.5. The molecule has 0 aliphatic carbocycles. The predicted octanol–water partition coefficient (Wildman–Crippen LogP) is 1.21. The number of aromatic amines is 1. The fourth-order valence-corrected chi connectivity index (χ4v) is 1.13. The third-order valence-electron chi connectivity index (χ3n) is 1.85. The molecule has 0 saturated carbocycles. The molecule has 1 rings (SSSR count). The molecule has 0 aliphatic heterocycles. The van der Waals surface area contributed by atoms with Gasteiger partial charge in [-0.3, -0.25) is 9.59 Å². The predicted molar refractivity (Wildman–Crippen MR) is 49.8 cm³/mol. The van der Waals surface area contributed by atoms with Crippen molar-refractivity contribution in [2.24, 2.45) is 0 Å². The number of halogens is 3. The molecule has 0 aliphatic rings. The Morgan fingerprint density at radius 3 is 2.59 bits per heavy atom. The van der Waals surface area contributed by atoms with Crippen LogP contribution in [0.3, 0.4) is 0 Å². The highest BCUT2D eigenvalue weighted by Gasteiger charge is 2.32. The summed E-state index contributed by atoms with van der Waals surface area (Å²) >= 11 is 0. The Morgan fingerprint density at radius 1 is 1.53 bits per heavy atom. The summed E-state index contributed by atoms with van der Waals surface area (Å²) in [5.74, 6) is -2.07. The molecule has 0 amide bonds. The molecule has 0 radical (unpaired) electrons. The number of pyridine rings is 1. The van der Waals surface area contributed by atoms with E-state index < -0.39 is 30.1 Å². The van der Waals surface area contributed by atoms with Crippen molar-refractivity contribution in [1.29, 1.82) is 0 Å². The van der Waals surface area contributed by atoms with Crippen molar-refractivity contribution < 1.29 is 27.8 Å². The Morgan fingerprint density at radius 2 is 2.12 bits per heavy atom. The van der Waals surface area contributed by atoms with Crippen LogP contribution in [0.5, 0.6) is 5.88 Å². The van der Waals surface area contributed by atoms with Crippen molar-refractivity contribution >= 4 is 5.97 Å². The molecule has 17 heavy (non-hydrogen) atoms. The van der Waals surface area contributed by atoms with Crippen LogP contribution in [0, 0.1) is 6.92 Å². The first-order valence-electron chi connectivity index (χ1n) is 4.39. The average Bonchev–Trinajstić information content (AvgIpc) is 2.09. The van der Waals surface area contributed by atoms with Gasteiger partial charge in [0.05, 0.1) is 12.0 Å². The fraction of sp³-hybridized carbons (Fsp3) is 0.333. The topological polar surface area (TPSA) is 79.4 Å². The van der Waals surface area contributed by atoms with Crippen LogP contribution in [-0.4, -0.2) is 22.4 Å². The van der Waals surface area contributed by atoms with Gasteiger partial charge in [0.1, 0.15) is 0 Å². The summed E-state index contributed by atoms with van der Waals surface area (Å²) in [6.45, 7) is 1.14. The lowest BCUT2D eigenvalue weighted by Gasteiger charge is -2.11. The molecule has 0 spiro atoms. The van der Waals surface area contributed by atoms with E-state index in [9.17, 15) is 22.8 Å². The molecule has 0 fully saturated rings. The van der Waals surface area contributed by atoms with Gasteiger partial charge < -0.3 is 14.8 Å². The number of aliphatic carboxylic acids is 1. The number of hydrogen-bond acceptors (Lipinski definition) is 3. The maximum Gasteiger partial charge on any atom is 0.574 e. The van der Waals surface area contributed by atoms with Crippen LogP contribution in [-0.2, 0) is 11.2 Å². The van der Waals surface area contributed by atoms with Gasteiger partial charge in [0.15, 0.2) is 5.43 Å². The number of hydrogen-bond donors (Lipinski definition) is 2.